The average molecular weight is 307 g/mol. The van der Waals surface area contributed by atoms with E-state index in [9.17, 15) is 9.59 Å². The summed E-state index contributed by atoms with van der Waals surface area (Å²) in [6.45, 7) is 0.586. The number of hydrogen-bond donors (Lipinski definition) is 1. The van der Waals surface area contributed by atoms with Crippen LogP contribution >= 0.6 is 11.3 Å². The SMILES string of the molecule is CN(Cc1csc(C=CC(=O)O)c1)C(=O)CC1CCCC1. The highest BCUT2D eigenvalue weighted by Crippen LogP contribution is 2.28. The second-order valence-electron chi connectivity index (χ2n) is 5.63. The lowest BCUT2D eigenvalue weighted by Gasteiger charge is -2.18. The number of carboxylic acid groups (broad SMARTS) is 1. The van der Waals surface area contributed by atoms with Gasteiger partial charge >= 0.3 is 5.97 Å². The molecule has 1 aliphatic carbocycles. The summed E-state index contributed by atoms with van der Waals surface area (Å²) in [5.74, 6) is -0.180. The van der Waals surface area contributed by atoms with Crippen LogP contribution in [0.5, 0.6) is 0 Å². The Kier molecular flexibility index (Phi) is 5.56. The average Bonchev–Trinajstić information content (AvgIpc) is 3.08. The summed E-state index contributed by atoms with van der Waals surface area (Å²) in [5.41, 5.74) is 1.05. The summed E-state index contributed by atoms with van der Waals surface area (Å²) in [6.07, 6.45) is 8.25. The minimum atomic E-state index is -0.950. The molecule has 1 heterocycles. The Balaban J connectivity index is 1.85. The zero-order valence-corrected chi connectivity index (χ0v) is 13.1. The van der Waals surface area contributed by atoms with Crippen molar-refractivity contribution in [1.29, 1.82) is 0 Å². The molecule has 1 fully saturated rings. The molecule has 1 N–H and O–H groups in total. The van der Waals surface area contributed by atoms with Gasteiger partial charge in [0.1, 0.15) is 0 Å². The molecule has 0 unspecified atom stereocenters. The van der Waals surface area contributed by atoms with E-state index in [2.05, 4.69) is 0 Å². The number of aliphatic carboxylic acids is 1. The monoisotopic (exact) mass is 307 g/mol. The third kappa shape index (κ3) is 5.01. The Morgan fingerprint density at radius 1 is 1.43 bits per heavy atom. The van der Waals surface area contributed by atoms with E-state index in [-0.39, 0.29) is 5.91 Å². The van der Waals surface area contributed by atoms with Crippen molar-refractivity contribution in [3.05, 3.63) is 28.0 Å². The molecule has 0 saturated heterocycles. The van der Waals surface area contributed by atoms with Gasteiger partial charge in [-0.3, -0.25) is 4.79 Å². The molecule has 0 bridgehead atoms. The van der Waals surface area contributed by atoms with Gasteiger partial charge in [-0.2, -0.15) is 0 Å². The predicted molar refractivity (Wildman–Crippen MR) is 84.0 cm³/mol. The third-order valence-corrected chi connectivity index (χ3v) is 4.79. The Labute approximate surface area is 129 Å². The van der Waals surface area contributed by atoms with Crippen molar-refractivity contribution in [3.63, 3.8) is 0 Å². The molecule has 1 amide bonds. The molecule has 1 saturated carbocycles. The van der Waals surface area contributed by atoms with Crippen molar-refractivity contribution >= 4 is 29.3 Å². The molecule has 0 aliphatic heterocycles. The lowest BCUT2D eigenvalue weighted by Crippen LogP contribution is -2.27. The van der Waals surface area contributed by atoms with Crippen LogP contribution in [0.25, 0.3) is 6.08 Å². The van der Waals surface area contributed by atoms with Crippen LogP contribution in [0, 0.1) is 5.92 Å². The smallest absolute Gasteiger partial charge is 0.328 e. The van der Waals surface area contributed by atoms with Gasteiger partial charge < -0.3 is 10.0 Å². The van der Waals surface area contributed by atoms with Gasteiger partial charge in [0.25, 0.3) is 0 Å². The summed E-state index contributed by atoms with van der Waals surface area (Å²) in [5, 5.41) is 10.6. The van der Waals surface area contributed by atoms with Crippen molar-refractivity contribution in [2.45, 2.75) is 38.6 Å². The molecule has 2 rings (SSSR count). The fraction of sp³-hybridized carbons (Fsp3) is 0.500. The standard InChI is InChI=1S/C16H21NO3S/c1-17(15(18)9-12-4-2-3-5-12)10-13-8-14(21-11-13)6-7-16(19)20/h6-8,11-12H,2-5,9-10H2,1H3,(H,19,20). The number of amides is 1. The second kappa shape index (κ2) is 7.41. The van der Waals surface area contributed by atoms with Gasteiger partial charge in [0.15, 0.2) is 0 Å². The minimum Gasteiger partial charge on any atom is -0.478 e. The van der Waals surface area contributed by atoms with Gasteiger partial charge in [0.2, 0.25) is 5.91 Å². The first-order valence-electron chi connectivity index (χ1n) is 7.27. The van der Waals surface area contributed by atoms with Gasteiger partial charge in [-0.05, 0) is 41.8 Å². The van der Waals surface area contributed by atoms with Crippen LogP contribution in [-0.2, 0) is 16.1 Å². The van der Waals surface area contributed by atoms with Gasteiger partial charge in [-0.25, -0.2) is 4.79 Å². The first-order chi connectivity index (χ1) is 10.0. The molecule has 0 spiro atoms. The largest absolute Gasteiger partial charge is 0.478 e. The predicted octanol–water partition coefficient (Wildman–Crippen LogP) is 3.38. The van der Waals surface area contributed by atoms with Crippen molar-refractivity contribution in [2.24, 2.45) is 5.92 Å². The Hall–Kier alpha value is -1.62. The molecule has 0 radical (unpaired) electrons. The summed E-state index contributed by atoms with van der Waals surface area (Å²) in [4.78, 5) is 25.3. The summed E-state index contributed by atoms with van der Waals surface area (Å²) >= 11 is 1.49. The first-order valence-corrected chi connectivity index (χ1v) is 8.15. The van der Waals surface area contributed by atoms with E-state index < -0.39 is 5.97 Å². The normalized spacial score (nSPS) is 15.7. The Morgan fingerprint density at radius 2 is 2.14 bits per heavy atom. The first kappa shape index (κ1) is 15.8. The quantitative estimate of drug-likeness (QED) is 0.820. The molecule has 21 heavy (non-hydrogen) atoms. The zero-order chi connectivity index (χ0) is 15.2. The highest BCUT2D eigenvalue weighted by molar-refractivity contribution is 7.11. The molecule has 1 aromatic heterocycles. The molecule has 114 valence electrons. The topological polar surface area (TPSA) is 57.6 Å². The zero-order valence-electron chi connectivity index (χ0n) is 12.2. The van der Waals surface area contributed by atoms with Crippen LogP contribution in [0.1, 0.15) is 42.5 Å². The van der Waals surface area contributed by atoms with Crippen molar-refractivity contribution in [2.75, 3.05) is 7.05 Å². The van der Waals surface area contributed by atoms with Gasteiger partial charge in [-0.1, -0.05) is 12.8 Å². The van der Waals surface area contributed by atoms with Crippen LogP contribution in [0.15, 0.2) is 17.5 Å². The fourth-order valence-corrected chi connectivity index (χ4v) is 3.49. The van der Waals surface area contributed by atoms with Crippen LogP contribution in [0.2, 0.25) is 0 Å². The molecule has 5 heteroatoms. The van der Waals surface area contributed by atoms with Gasteiger partial charge in [-0.15, -0.1) is 11.3 Å². The minimum absolute atomic E-state index is 0.204. The van der Waals surface area contributed by atoms with E-state index in [0.29, 0.717) is 18.9 Å². The molecular formula is C16H21NO3S. The van der Waals surface area contributed by atoms with Crippen LogP contribution < -0.4 is 0 Å². The Morgan fingerprint density at radius 3 is 2.81 bits per heavy atom. The maximum absolute atomic E-state index is 12.2. The van der Waals surface area contributed by atoms with Crippen molar-refractivity contribution in [3.8, 4) is 0 Å². The summed E-state index contributed by atoms with van der Waals surface area (Å²) in [6, 6.07) is 1.93. The van der Waals surface area contributed by atoms with Crippen molar-refractivity contribution < 1.29 is 14.7 Å². The lowest BCUT2D eigenvalue weighted by atomic mass is 10.0. The molecular weight excluding hydrogens is 286 g/mol. The van der Waals surface area contributed by atoms with E-state index >= 15 is 0 Å². The van der Waals surface area contributed by atoms with Crippen LogP contribution in [0.4, 0.5) is 0 Å². The number of carbonyl (C=O) groups is 2. The lowest BCUT2D eigenvalue weighted by molar-refractivity contribution is -0.132. The number of carbonyl (C=O) groups excluding carboxylic acids is 1. The van der Waals surface area contributed by atoms with Gasteiger partial charge in [0.05, 0.1) is 0 Å². The van der Waals surface area contributed by atoms with E-state index in [1.165, 1.54) is 37.0 Å². The maximum Gasteiger partial charge on any atom is 0.328 e. The van der Waals surface area contributed by atoms with E-state index in [4.69, 9.17) is 5.11 Å². The Bertz CT molecular complexity index is 529. The van der Waals surface area contributed by atoms with Gasteiger partial charge in [0, 0.05) is 31.0 Å². The molecule has 4 nitrogen and oxygen atoms in total. The number of nitrogens with zero attached hydrogens (tertiary/aromatic N) is 1. The number of thiophene rings is 1. The summed E-state index contributed by atoms with van der Waals surface area (Å²) in [7, 11) is 1.84. The number of carboxylic acids is 1. The number of rotatable bonds is 6. The molecule has 0 aromatic carbocycles. The van der Waals surface area contributed by atoms with Crippen LogP contribution in [0.3, 0.4) is 0 Å². The number of hydrogen-bond acceptors (Lipinski definition) is 3. The third-order valence-electron chi connectivity index (χ3n) is 3.85. The maximum atomic E-state index is 12.2. The summed E-state index contributed by atoms with van der Waals surface area (Å²) < 4.78 is 0. The highest BCUT2D eigenvalue weighted by Gasteiger charge is 2.20. The molecule has 1 aromatic rings. The molecule has 1 aliphatic rings. The van der Waals surface area contributed by atoms with E-state index in [1.54, 1.807) is 11.0 Å². The van der Waals surface area contributed by atoms with E-state index in [1.807, 2.05) is 18.5 Å². The molecule has 0 atom stereocenters. The van der Waals surface area contributed by atoms with Crippen molar-refractivity contribution in [1.82, 2.24) is 4.90 Å². The second-order valence-corrected chi connectivity index (χ2v) is 6.58. The van der Waals surface area contributed by atoms with E-state index in [0.717, 1.165) is 16.5 Å². The highest BCUT2D eigenvalue weighted by atomic mass is 32.1. The fourth-order valence-electron chi connectivity index (χ4n) is 2.70. The van der Waals surface area contributed by atoms with Crippen LogP contribution in [-0.4, -0.2) is 28.9 Å².